The number of carbonyl (C=O) groups excluding carboxylic acids is 4. The minimum absolute atomic E-state index is 0.125. The molecule has 0 fully saturated rings. The number of urea groups is 1. The largest absolute Gasteiger partial charge is 0.463 e. The molecule has 15 heteroatoms. The molecule has 1 heterocycles. The van der Waals surface area contributed by atoms with Crippen LogP contribution < -0.4 is 21.9 Å². The van der Waals surface area contributed by atoms with Gasteiger partial charge >= 0.3 is 29.6 Å². The van der Waals surface area contributed by atoms with Gasteiger partial charge in [-0.2, -0.15) is 0 Å². The maximum absolute atomic E-state index is 12.7. The molecule has 51 heavy (non-hydrogen) atoms. The highest BCUT2D eigenvalue weighted by molar-refractivity contribution is 6.34. The third-order valence-corrected chi connectivity index (χ3v) is 8.73. The van der Waals surface area contributed by atoms with Gasteiger partial charge in [0.15, 0.2) is 0 Å². The number of allylic oxidation sites excluding steroid dienone is 1. The first kappa shape index (κ1) is 38.9. The molecule has 2 aromatic carbocycles. The number of amides is 2. The molecule has 2 aliphatic carbocycles. The zero-order chi connectivity index (χ0) is 37.1. The Balaban J connectivity index is 0.000000230. The Bertz CT molecular complexity index is 1950. The fraction of sp³-hybridized carbons (Fsp3) is 0.389. The first-order valence-electron chi connectivity index (χ1n) is 16.8. The van der Waals surface area contributed by atoms with E-state index < -0.39 is 29.6 Å². The summed E-state index contributed by atoms with van der Waals surface area (Å²) in [6.45, 7) is 5.83. The standard InChI is InChI=1S/C19H23ClN2O5.C17H17ClN2O4/c1-3-26-17(23)13-7-5-6-8-16(13)22-19(25)21-12-9-10-15(20)14(11-12)18(24)27-4-2;1-2-24-16(22)12-9-10(7-8-13(12)18)20-15(21)11-5-3-4-6-14(11)19-17(20)23/h9-11H,3-8H2,1-2H3,(H2,21,22,25);7-9H,2-6H2,1H3,(H,19,23). The number of esters is 3. The number of halogens is 2. The number of aromatic amines is 1. The van der Waals surface area contributed by atoms with E-state index in [1.165, 1.54) is 30.3 Å². The number of anilines is 1. The van der Waals surface area contributed by atoms with Gasteiger partial charge in [-0.1, -0.05) is 23.2 Å². The summed E-state index contributed by atoms with van der Waals surface area (Å²) < 4.78 is 16.0. The van der Waals surface area contributed by atoms with E-state index in [4.69, 9.17) is 37.4 Å². The fourth-order valence-electron chi connectivity index (χ4n) is 5.70. The third-order valence-electron chi connectivity index (χ3n) is 8.07. The molecule has 3 aromatic rings. The summed E-state index contributed by atoms with van der Waals surface area (Å²) in [6, 6.07) is 8.45. The van der Waals surface area contributed by atoms with Crippen LogP contribution in [0, 0.1) is 0 Å². The number of aromatic nitrogens is 2. The SMILES string of the molecule is CCOC(=O)C1=C(NC(=O)Nc2ccc(Cl)c(C(=O)OCC)c2)CCCC1.CCOC(=O)c1cc(-n2c(=O)[nH]c3c(c2=O)CCCC3)ccc1Cl. The summed E-state index contributed by atoms with van der Waals surface area (Å²) in [5.74, 6) is -1.55. The minimum Gasteiger partial charge on any atom is -0.463 e. The molecule has 0 atom stereocenters. The second kappa shape index (κ2) is 18.4. The molecule has 0 spiro atoms. The van der Waals surface area contributed by atoms with Crippen LogP contribution >= 0.6 is 23.2 Å². The Kier molecular flexibility index (Phi) is 14.0. The molecule has 13 nitrogen and oxygen atoms in total. The van der Waals surface area contributed by atoms with Gasteiger partial charge in [0.05, 0.1) is 52.3 Å². The van der Waals surface area contributed by atoms with Crippen LogP contribution in [-0.4, -0.2) is 53.3 Å². The van der Waals surface area contributed by atoms with Crippen molar-refractivity contribution in [3.8, 4) is 5.69 Å². The van der Waals surface area contributed by atoms with Gasteiger partial charge in [0.25, 0.3) is 5.56 Å². The second-order valence-corrected chi connectivity index (χ2v) is 12.3. The van der Waals surface area contributed by atoms with E-state index >= 15 is 0 Å². The molecule has 2 amide bonds. The van der Waals surface area contributed by atoms with Gasteiger partial charge in [-0.25, -0.2) is 28.5 Å². The van der Waals surface area contributed by atoms with E-state index in [0.29, 0.717) is 59.6 Å². The minimum atomic E-state index is -0.591. The molecule has 0 radical (unpaired) electrons. The van der Waals surface area contributed by atoms with Crippen molar-refractivity contribution in [2.75, 3.05) is 25.1 Å². The van der Waals surface area contributed by atoms with Gasteiger partial charge in [0, 0.05) is 22.6 Å². The van der Waals surface area contributed by atoms with Crippen LogP contribution in [0.1, 0.15) is 91.3 Å². The summed E-state index contributed by atoms with van der Waals surface area (Å²) in [7, 11) is 0. The average molecular weight is 744 g/mol. The van der Waals surface area contributed by atoms with E-state index in [1.807, 2.05) is 0 Å². The normalized spacial score (nSPS) is 13.6. The number of nitrogens with zero attached hydrogens (tertiary/aromatic N) is 1. The molecular weight excluding hydrogens is 703 g/mol. The van der Waals surface area contributed by atoms with Gasteiger partial charge in [-0.3, -0.25) is 4.79 Å². The molecule has 3 N–H and O–H groups in total. The molecule has 0 aliphatic heterocycles. The van der Waals surface area contributed by atoms with Crippen molar-refractivity contribution in [2.45, 2.75) is 72.1 Å². The molecule has 5 rings (SSSR count). The lowest BCUT2D eigenvalue weighted by Gasteiger charge is -2.20. The number of H-pyrrole nitrogens is 1. The molecule has 272 valence electrons. The number of hydrogen-bond acceptors (Lipinski definition) is 9. The summed E-state index contributed by atoms with van der Waals surface area (Å²) in [4.78, 5) is 76.1. The molecule has 0 saturated heterocycles. The maximum atomic E-state index is 12.7. The molecule has 0 bridgehead atoms. The number of ether oxygens (including phenoxy) is 3. The van der Waals surface area contributed by atoms with Crippen LogP contribution in [0.3, 0.4) is 0 Å². The van der Waals surface area contributed by atoms with Gasteiger partial charge in [0.2, 0.25) is 0 Å². The molecule has 2 aliphatic rings. The second-order valence-electron chi connectivity index (χ2n) is 11.5. The Labute approximate surface area is 304 Å². The first-order valence-corrected chi connectivity index (χ1v) is 17.5. The lowest BCUT2D eigenvalue weighted by atomic mass is 9.96. The van der Waals surface area contributed by atoms with Crippen molar-refractivity contribution in [2.24, 2.45) is 0 Å². The number of carbonyl (C=O) groups is 4. The predicted octanol–water partition coefficient (Wildman–Crippen LogP) is 6.26. The van der Waals surface area contributed by atoms with Crippen LogP contribution in [0.15, 0.2) is 57.3 Å². The van der Waals surface area contributed by atoms with E-state index in [-0.39, 0.29) is 46.6 Å². The lowest BCUT2D eigenvalue weighted by Crippen LogP contribution is -2.38. The molecule has 0 unspecified atom stereocenters. The Hall–Kier alpha value is -4.88. The summed E-state index contributed by atoms with van der Waals surface area (Å²) in [5, 5.41) is 5.81. The van der Waals surface area contributed by atoms with Crippen molar-refractivity contribution in [1.29, 1.82) is 0 Å². The van der Waals surface area contributed by atoms with Crippen molar-refractivity contribution >= 4 is 52.8 Å². The number of rotatable bonds is 9. The number of benzene rings is 2. The maximum Gasteiger partial charge on any atom is 0.339 e. The van der Waals surface area contributed by atoms with E-state index in [1.54, 1.807) is 26.8 Å². The summed E-state index contributed by atoms with van der Waals surface area (Å²) >= 11 is 12.0. The van der Waals surface area contributed by atoms with E-state index in [2.05, 4.69) is 15.6 Å². The quantitative estimate of drug-likeness (QED) is 0.169. The molecule has 1 aromatic heterocycles. The van der Waals surface area contributed by atoms with Crippen molar-refractivity contribution in [3.05, 3.63) is 101 Å². The third kappa shape index (κ3) is 9.89. The van der Waals surface area contributed by atoms with Crippen molar-refractivity contribution < 1.29 is 33.4 Å². The summed E-state index contributed by atoms with van der Waals surface area (Å²) in [5.41, 5.74) is 2.53. The van der Waals surface area contributed by atoms with Gasteiger partial charge in [-0.05, 0) is 109 Å². The van der Waals surface area contributed by atoms with Crippen LogP contribution in [0.4, 0.5) is 10.5 Å². The Morgan fingerprint density at radius 1 is 0.725 bits per heavy atom. The van der Waals surface area contributed by atoms with Crippen molar-refractivity contribution in [3.63, 3.8) is 0 Å². The lowest BCUT2D eigenvalue weighted by molar-refractivity contribution is -0.138. The number of nitrogens with one attached hydrogen (secondary N) is 3. The summed E-state index contributed by atoms with van der Waals surface area (Å²) in [6.07, 6.45) is 6.15. The van der Waals surface area contributed by atoms with Gasteiger partial charge < -0.3 is 29.8 Å². The molecule has 0 saturated carbocycles. The Morgan fingerprint density at radius 3 is 1.96 bits per heavy atom. The smallest absolute Gasteiger partial charge is 0.339 e. The highest BCUT2D eigenvalue weighted by atomic mass is 35.5. The highest BCUT2D eigenvalue weighted by Crippen LogP contribution is 2.25. The van der Waals surface area contributed by atoms with Gasteiger partial charge in [-0.15, -0.1) is 0 Å². The number of hydrogen-bond donors (Lipinski definition) is 3. The predicted molar refractivity (Wildman–Crippen MR) is 192 cm³/mol. The Morgan fingerprint density at radius 2 is 1.29 bits per heavy atom. The van der Waals surface area contributed by atoms with Crippen LogP contribution in [-0.2, 0) is 31.8 Å². The van der Waals surface area contributed by atoms with Crippen LogP contribution in [0.25, 0.3) is 5.69 Å². The molecular formula is C36H40Cl2N4O9. The zero-order valence-corrected chi connectivity index (χ0v) is 30.1. The van der Waals surface area contributed by atoms with Crippen molar-refractivity contribution in [1.82, 2.24) is 14.9 Å². The first-order chi connectivity index (χ1) is 24.5. The monoisotopic (exact) mass is 742 g/mol. The number of aryl methyl sites for hydroxylation is 1. The fourth-order valence-corrected chi connectivity index (χ4v) is 6.09. The zero-order valence-electron chi connectivity index (χ0n) is 28.6. The average Bonchev–Trinajstić information content (AvgIpc) is 3.10. The van der Waals surface area contributed by atoms with Gasteiger partial charge in [0.1, 0.15) is 0 Å². The topological polar surface area (TPSA) is 175 Å². The van der Waals surface area contributed by atoms with Crippen LogP contribution in [0.2, 0.25) is 10.0 Å². The highest BCUT2D eigenvalue weighted by Gasteiger charge is 2.23. The van der Waals surface area contributed by atoms with E-state index in [0.717, 1.165) is 30.3 Å². The van der Waals surface area contributed by atoms with E-state index in [9.17, 15) is 28.8 Å². The van der Waals surface area contributed by atoms with Crippen LogP contribution in [0.5, 0.6) is 0 Å². The number of fused-ring (bicyclic) bond motifs is 1.